The highest BCUT2D eigenvalue weighted by Gasteiger charge is 2.31. The van der Waals surface area contributed by atoms with E-state index in [9.17, 15) is 19.2 Å². The van der Waals surface area contributed by atoms with E-state index in [1.165, 1.54) is 14.2 Å². The van der Waals surface area contributed by atoms with E-state index in [-0.39, 0.29) is 36.8 Å². The zero-order chi connectivity index (χ0) is 31.2. The Labute approximate surface area is 255 Å². The fraction of sp³-hybridized carbons (Fsp3) is 0.344. The minimum atomic E-state index is -0.464. The van der Waals surface area contributed by atoms with Crippen LogP contribution in [-0.2, 0) is 16.6 Å². The number of methoxy groups -OCH3 is 2. The van der Waals surface area contributed by atoms with Gasteiger partial charge in [-0.25, -0.2) is 4.79 Å². The highest BCUT2D eigenvalue weighted by atomic mass is 16.5. The summed E-state index contributed by atoms with van der Waals surface area (Å²) in [6.45, 7) is 0.954. The summed E-state index contributed by atoms with van der Waals surface area (Å²) in [5.74, 6) is -0.237. The zero-order valence-corrected chi connectivity index (χ0v) is 24.9. The first-order chi connectivity index (χ1) is 21.3. The lowest BCUT2D eigenvalue weighted by atomic mass is 10.0. The Hall–Kier alpha value is -5.13. The van der Waals surface area contributed by atoms with Crippen LogP contribution >= 0.6 is 0 Å². The van der Waals surface area contributed by atoms with Crippen molar-refractivity contribution in [3.8, 4) is 11.5 Å². The average Bonchev–Trinajstić information content (AvgIpc) is 3.34. The number of aliphatic imine (C=N–C) groups is 1. The van der Waals surface area contributed by atoms with Gasteiger partial charge in [0.2, 0.25) is 5.91 Å². The number of hydrogen-bond donors (Lipinski definition) is 2. The first-order valence-corrected chi connectivity index (χ1v) is 14.4. The minimum absolute atomic E-state index is 0.000653. The molecule has 12 nitrogen and oxygen atoms in total. The van der Waals surface area contributed by atoms with Gasteiger partial charge >= 0.3 is 5.97 Å². The van der Waals surface area contributed by atoms with Crippen LogP contribution in [-0.4, -0.2) is 72.8 Å². The summed E-state index contributed by atoms with van der Waals surface area (Å²) in [4.78, 5) is 56.7. The highest BCUT2D eigenvalue weighted by molar-refractivity contribution is 6.05. The monoisotopic (exact) mass is 601 g/mol. The summed E-state index contributed by atoms with van der Waals surface area (Å²) in [6.07, 6.45) is 7.05. The van der Waals surface area contributed by atoms with Crippen LogP contribution in [0.1, 0.15) is 63.3 Å². The molecule has 2 N–H and O–H groups in total. The largest absolute Gasteiger partial charge is 0.493 e. The number of anilines is 2. The molecule has 2 aliphatic heterocycles. The number of ether oxygens (including phenoxy) is 3. The maximum atomic E-state index is 13.2. The van der Waals surface area contributed by atoms with Gasteiger partial charge in [0.15, 0.2) is 11.5 Å². The number of nitrogens with one attached hydrogen (secondary N) is 2. The van der Waals surface area contributed by atoms with Crippen molar-refractivity contribution in [1.29, 1.82) is 0 Å². The Kier molecular flexibility index (Phi) is 9.27. The Bertz CT molecular complexity index is 1590. The summed E-state index contributed by atoms with van der Waals surface area (Å²) in [5.41, 5.74) is 2.73. The lowest BCUT2D eigenvalue weighted by molar-refractivity contribution is -0.116. The van der Waals surface area contributed by atoms with Crippen LogP contribution in [0.2, 0.25) is 0 Å². The van der Waals surface area contributed by atoms with Crippen molar-refractivity contribution in [2.75, 3.05) is 38.0 Å². The van der Waals surface area contributed by atoms with Gasteiger partial charge < -0.3 is 34.3 Å². The SMILES string of the molecule is COC(=O)c1ccc(NC(=O)c2cc(NC(=O)CCCOc3cc4c(cc3OC)C(=O)N3CCCCC3C=N4)cn2C)cc1. The molecule has 5 rings (SSSR count). The molecule has 3 amide bonds. The molecule has 0 radical (unpaired) electrons. The van der Waals surface area contributed by atoms with Crippen LogP contribution < -0.4 is 20.1 Å². The average molecular weight is 602 g/mol. The van der Waals surface area contributed by atoms with E-state index in [0.29, 0.717) is 58.3 Å². The summed E-state index contributed by atoms with van der Waals surface area (Å²) < 4.78 is 17.7. The van der Waals surface area contributed by atoms with Gasteiger partial charge in [-0.1, -0.05) is 0 Å². The van der Waals surface area contributed by atoms with E-state index >= 15 is 0 Å². The van der Waals surface area contributed by atoms with E-state index in [1.54, 1.807) is 60.3 Å². The van der Waals surface area contributed by atoms with Crippen molar-refractivity contribution in [2.45, 2.75) is 38.1 Å². The van der Waals surface area contributed by atoms with Crippen LogP contribution in [0.5, 0.6) is 11.5 Å². The summed E-state index contributed by atoms with van der Waals surface area (Å²) in [6, 6.07) is 11.3. The maximum Gasteiger partial charge on any atom is 0.337 e. The topological polar surface area (TPSA) is 141 Å². The second kappa shape index (κ2) is 13.4. The van der Waals surface area contributed by atoms with E-state index in [4.69, 9.17) is 9.47 Å². The molecule has 44 heavy (non-hydrogen) atoms. The van der Waals surface area contributed by atoms with Gasteiger partial charge in [-0.2, -0.15) is 0 Å². The van der Waals surface area contributed by atoms with Crippen LogP contribution in [0.3, 0.4) is 0 Å². The molecule has 1 fully saturated rings. The molecule has 12 heteroatoms. The number of amides is 3. The Balaban J connectivity index is 1.13. The summed E-state index contributed by atoms with van der Waals surface area (Å²) in [7, 11) is 4.52. The van der Waals surface area contributed by atoms with Gasteiger partial charge in [0.1, 0.15) is 5.69 Å². The third-order valence-corrected chi connectivity index (χ3v) is 7.60. The van der Waals surface area contributed by atoms with E-state index < -0.39 is 5.97 Å². The summed E-state index contributed by atoms with van der Waals surface area (Å²) >= 11 is 0. The number of aromatic nitrogens is 1. The van der Waals surface area contributed by atoms with Gasteiger partial charge in [0, 0.05) is 44.2 Å². The molecular formula is C32H35N5O7. The number of esters is 1. The predicted octanol–water partition coefficient (Wildman–Crippen LogP) is 4.58. The lowest BCUT2D eigenvalue weighted by Gasteiger charge is -2.32. The number of hydrogen-bond acceptors (Lipinski definition) is 8. The van der Waals surface area contributed by atoms with Crippen LogP contribution in [0.15, 0.2) is 53.7 Å². The normalized spacial score (nSPS) is 15.5. The van der Waals surface area contributed by atoms with Gasteiger partial charge in [-0.05, 0) is 62.1 Å². The third-order valence-electron chi connectivity index (χ3n) is 7.60. The standard InChI is InChI=1S/C32H35N5O7/c1-36-19-22(15-26(36)30(39)35-21-11-9-20(10-12-21)32(41)43-3)34-29(38)8-6-14-44-28-17-25-24(16-27(28)42-2)31(40)37-13-5-4-7-23(37)18-33-25/h9-12,15-19,23H,4-8,13-14H2,1-3H3,(H,34,38)(H,35,39). The molecule has 0 aliphatic carbocycles. The first kappa shape index (κ1) is 30.3. The molecule has 1 unspecified atom stereocenters. The molecule has 1 atom stereocenters. The van der Waals surface area contributed by atoms with Crippen molar-refractivity contribution in [3.05, 3.63) is 65.5 Å². The van der Waals surface area contributed by atoms with Crippen molar-refractivity contribution in [3.63, 3.8) is 0 Å². The molecule has 3 aromatic rings. The Morgan fingerprint density at radius 2 is 1.80 bits per heavy atom. The Morgan fingerprint density at radius 3 is 2.55 bits per heavy atom. The molecule has 0 spiro atoms. The third kappa shape index (κ3) is 6.74. The van der Waals surface area contributed by atoms with Crippen molar-refractivity contribution < 1.29 is 33.4 Å². The van der Waals surface area contributed by atoms with Gasteiger partial charge in [0.25, 0.3) is 11.8 Å². The Morgan fingerprint density at radius 1 is 1.00 bits per heavy atom. The van der Waals surface area contributed by atoms with Crippen LogP contribution in [0.25, 0.3) is 0 Å². The number of nitrogens with zero attached hydrogens (tertiary/aromatic N) is 3. The zero-order valence-electron chi connectivity index (χ0n) is 24.9. The molecule has 2 aliphatic rings. The minimum Gasteiger partial charge on any atom is -0.493 e. The summed E-state index contributed by atoms with van der Waals surface area (Å²) in [5, 5.41) is 5.59. The maximum absolute atomic E-state index is 13.2. The van der Waals surface area contributed by atoms with Gasteiger partial charge in [-0.15, -0.1) is 0 Å². The second-order valence-corrected chi connectivity index (χ2v) is 10.6. The number of aryl methyl sites for hydroxylation is 1. The number of rotatable bonds is 10. The molecule has 1 aromatic heterocycles. The van der Waals surface area contributed by atoms with Crippen LogP contribution in [0, 0.1) is 0 Å². The molecular weight excluding hydrogens is 566 g/mol. The second-order valence-electron chi connectivity index (χ2n) is 10.6. The molecule has 2 aromatic carbocycles. The number of carbonyl (C=O) groups excluding carboxylic acids is 4. The van der Waals surface area contributed by atoms with E-state index in [1.807, 2.05) is 11.1 Å². The molecule has 0 saturated carbocycles. The van der Waals surface area contributed by atoms with Crippen LogP contribution in [0.4, 0.5) is 17.1 Å². The quantitative estimate of drug-likeness (QED) is 0.256. The number of fused-ring (bicyclic) bond motifs is 2. The number of benzene rings is 2. The molecule has 1 saturated heterocycles. The molecule has 230 valence electrons. The van der Waals surface area contributed by atoms with Gasteiger partial charge in [-0.3, -0.25) is 19.4 Å². The van der Waals surface area contributed by atoms with E-state index in [0.717, 1.165) is 19.3 Å². The van der Waals surface area contributed by atoms with Crippen molar-refractivity contribution >= 4 is 47.0 Å². The van der Waals surface area contributed by atoms with Crippen molar-refractivity contribution in [1.82, 2.24) is 9.47 Å². The highest BCUT2D eigenvalue weighted by Crippen LogP contribution is 2.38. The first-order valence-electron chi connectivity index (χ1n) is 14.4. The smallest absolute Gasteiger partial charge is 0.337 e. The fourth-order valence-corrected chi connectivity index (χ4v) is 5.28. The number of carbonyl (C=O) groups is 4. The number of piperidine rings is 1. The lowest BCUT2D eigenvalue weighted by Crippen LogP contribution is -2.43. The van der Waals surface area contributed by atoms with E-state index in [2.05, 4.69) is 20.4 Å². The van der Waals surface area contributed by atoms with Crippen molar-refractivity contribution in [2.24, 2.45) is 12.0 Å². The predicted molar refractivity (Wildman–Crippen MR) is 164 cm³/mol. The fourth-order valence-electron chi connectivity index (χ4n) is 5.28. The molecule has 0 bridgehead atoms. The van der Waals surface area contributed by atoms with Gasteiger partial charge in [0.05, 0.1) is 49.4 Å². The molecule has 3 heterocycles.